The van der Waals surface area contributed by atoms with E-state index in [1.807, 2.05) is 12.1 Å². The maximum absolute atomic E-state index is 6.27. The second kappa shape index (κ2) is 7.18. The van der Waals surface area contributed by atoms with Crippen LogP contribution < -0.4 is 4.74 Å². The van der Waals surface area contributed by atoms with Crippen LogP contribution in [0, 0.1) is 12.1 Å². The summed E-state index contributed by atoms with van der Waals surface area (Å²) in [5.74, 6) is 1.54. The maximum atomic E-state index is 6.27. The van der Waals surface area contributed by atoms with Crippen LogP contribution in [0.3, 0.4) is 0 Å². The molecule has 0 radical (unpaired) electrons. The van der Waals surface area contributed by atoms with Gasteiger partial charge in [0.05, 0.1) is 0 Å². The van der Waals surface area contributed by atoms with Gasteiger partial charge in [0.25, 0.3) is 0 Å². The Labute approximate surface area is 196 Å². The summed E-state index contributed by atoms with van der Waals surface area (Å²) in [5, 5.41) is 0. The van der Waals surface area contributed by atoms with Crippen LogP contribution in [-0.4, -0.2) is 41.0 Å². The van der Waals surface area contributed by atoms with E-state index in [1.165, 1.54) is 26.7 Å². The first-order valence-corrected chi connectivity index (χ1v) is 13.6. The zero-order valence-electron chi connectivity index (χ0n) is 17.7. The standard InChI is InChI=1S/C26H24N4O.Pt/c1-2-10-26(9-1)23-6-4-8-25(18-23)31-24-7-3-5-22(17-24)19-29-14-13-27(20-29)11-12-28-15-16-30(26)21-28;/h3-8,13-16H,1-2,9-12,19H2;/q-2;. The summed E-state index contributed by atoms with van der Waals surface area (Å²) >= 11 is -0.374. The van der Waals surface area contributed by atoms with Crippen LogP contribution in [0.1, 0.15) is 36.8 Å². The van der Waals surface area contributed by atoms with Crippen molar-refractivity contribution in [1.29, 1.82) is 0 Å². The van der Waals surface area contributed by atoms with Gasteiger partial charge in [0.2, 0.25) is 0 Å². The van der Waals surface area contributed by atoms with Crippen molar-refractivity contribution in [3.8, 4) is 11.5 Å². The number of ether oxygens (including phenoxy) is 1. The first kappa shape index (κ1) is 18.9. The molecule has 4 aliphatic heterocycles. The quantitative estimate of drug-likeness (QED) is 0.427. The number of hydrogen-bond acceptors (Lipinski definition) is 5. The van der Waals surface area contributed by atoms with E-state index in [0.29, 0.717) is 0 Å². The van der Waals surface area contributed by atoms with Crippen molar-refractivity contribution >= 4 is 8.29 Å². The van der Waals surface area contributed by atoms with Gasteiger partial charge in [0.1, 0.15) is 0 Å². The average molecular weight is 604 g/mol. The molecule has 0 saturated heterocycles. The fourth-order valence-electron chi connectivity index (χ4n) is 5.36. The molecule has 4 heterocycles. The van der Waals surface area contributed by atoms with Crippen molar-refractivity contribution in [3.05, 3.63) is 84.5 Å². The number of benzene rings is 2. The Morgan fingerprint density at radius 3 is 2.38 bits per heavy atom. The number of nitrogens with zero attached hydrogens (tertiary/aromatic N) is 4. The monoisotopic (exact) mass is 603 g/mol. The van der Waals surface area contributed by atoms with Crippen molar-refractivity contribution in [2.24, 2.45) is 0 Å². The minimum atomic E-state index is -0.374. The molecule has 0 amide bonds. The summed E-state index contributed by atoms with van der Waals surface area (Å²) in [6.45, 7) is 2.86. The molecule has 0 unspecified atom stereocenters. The van der Waals surface area contributed by atoms with Crippen LogP contribution in [0.4, 0.5) is 0 Å². The van der Waals surface area contributed by atoms with Gasteiger partial charge in [-0.3, -0.25) is 0 Å². The van der Waals surface area contributed by atoms with Gasteiger partial charge in [0.15, 0.2) is 0 Å². The van der Waals surface area contributed by atoms with Crippen LogP contribution in [-0.2, 0) is 29.7 Å². The third-order valence-corrected chi connectivity index (χ3v) is 10.5. The molecule has 32 heavy (non-hydrogen) atoms. The van der Waals surface area contributed by atoms with E-state index >= 15 is 0 Å². The number of fused-ring (bicyclic) bond motifs is 6. The van der Waals surface area contributed by atoms with Gasteiger partial charge in [-0.25, -0.2) is 0 Å². The Morgan fingerprint density at radius 1 is 0.781 bits per heavy atom. The van der Waals surface area contributed by atoms with E-state index in [9.17, 15) is 0 Å². The van der Waals surface area contributed by atoms with Gasteiger partial charge in [-0.1, -0.05) is 0 Å². The third kappa shape index (κ3) is 2.87. The molecule has 6 heteroatoms. The Kier molecular flexibility index (Phi) is 4.23. The Morgan fingerprint density at radius 2 is 1.50 bits per heavy atom. The molecule has 6 bridgehead atoms. The van der Waals surface area contributed by atoms with Crippen LogP contribution in [0.25, 0.3) is 0 Å². The average Bonchev–Trinajstić information content (AvgIpc) is 3.51. The summed E-state index contributed by atoms with van der Waals surface area (Å²) in [7, 11) is 0. The second-order valence-corrected chi connectivity index (χ2v) is 11.5. The molecule has 0 aromatic heterocycles. The third-order valence-electron chi connectivity index (χ3n) is 6.94. The number of hydrogen-bond donors (Lipinski definition) is 0. The van der Waals surface area contributed by atoms with E-state index in [4.69, 9.17) is 4.74 Å². The molecule has 1 fully saturated rings. The molecule has 0 N–H and O–H groups in total. The summed E-state index contributed by atoms with van der Waals surface area (Å²) in [5.41, 5.74) is 2.34. The van der Waals surface area contributed by atoms with Gasteiger partial charge in [0, 0.05) is 0 Å². The molecule has 5 nitrogen and oxygen atoms in total. The van der Waals surface area contributed by atoms with Crippen molar-refractivity contribution in [1.82, 2.24) is 19.6 Å². The van der Waals surface area contributed by atoms with Crippen LogP contribution >= 0.6 is 0 Å². The van der Waals surface area contributed by atoms with Crippen molar-refractivity contribution < 1.29 is 22.4 Å². The fourth-order valence-corrected chi connectivity index (χ4v) is 8.92. The molecular formula is C26H24N4OPt-2. The zero-order valence-corrected chi connectivity index (χ0v) is 20.0. The Hall–Kier alpha value is -2.65. The van der Waals surface area contributed by atoms with Gasteiger partial charge in [-0.05, 0) is 0 Å². The molecule has 1 aliphatic carbocycles. The molecule has 2 aromatic carbocycles. The zero-order chi connectivity index (χ0) is 21.1. The van der Waals surface area contributed by atoms with E-state index in [0.717, 1.165) is 49.5 Å². The summed E-state index contributed by atoms with van der Waals surface area (Å²) in [6, 6.07) is 19.8. The van der Waals surface area contributed by atoms with E-state index in [2.05, 4.69) is 80.8 Å². The minimum absolute atomic E-state index is 0.0395. The van der Waals surface area contributed by atoms with Gasteiger partial charge in [-0.2, -0.15) is 0 Å². The normalized spacial score (nSPS) is 22.8. The fraction of sp³-hybridized carbons (Fsp3) is 0.308. The molecule has 2 aromatic rings. The molecular weight excluding hydrogens is 579 g/mol. The van der Waals surface area contributed by atoms with Crippen LogP contribution in [0.2, 0.25) is 0 Å². The Balaban J connectivity index is 1.47. The molecule has 166 valence electrons. The predicted octanol–water partition coefficient (Wildman–Crippen LogP) is 3.81. The first-order chi connectivity index (χ1) is 15.8. The molecule has 0 atom stereocenters. The van der Waals surface area contributed by atoms with Crippen LogP contribution in [0.5, 0.6) is 11.5 Å². The van der Waals surface area contributed by atoms with Crippen molar-refractivity contribution in [2.75, 3.05) is 13.1 Å². The molecule has 1 saturated carbocycles. The van der Waals surface area contributed by atoms with Crippen LogP contribution in [0.15, 0.2) is 61.2 Å². The summed E-state index contributed by atoms with van der Waals surface area (Å²) in [6.07, 6.45) is 14.0. The van der Waals surface area contributed by atoms with Gasteiger partial charge < -0.3 is 0 Å². The molecule has 5 aliphatic rings. The van der Waals surface area contributed by atoms with Crippen molar-refractivity contribution in [3.63, 3.8) is 0 Å². The number of rotatable bonds is 0. The Bertz CT molecular complexity index is 1220. The van der Waals surface area contributed by atoms with E-state index < -0.39 is 0 Å². The van der Waals surface area contributed by atoms with Gasteiger partial charge >= 0.3 is 197 Å². The predicted molar refractivity (Wildman–Crippen MR) is 120 cm³/mol. The SMILES string of the molecule is [c-]1c2cccc1Oc1[c-]c(ccc1)C1(CCCC1)N1C=CN3CCN4C=CN(C2)[C]4=[Pt]=[C]31. The topological polar surface area (TPSA) is 22.2 Å². The van der Waals surface area contributed by atoms with Gasteiger partial charge in [-0.15, -0.1) is 0 Å². The van der Waals surface area contributed by atoms with Crippen molar-refractivity contribution in [2.45, 2.75) is 37.8 Å². The summed E-state index contributed by atoms with van der Waals surface area (Å²) in [4.78, 5) is 10.0. The second-order valence-electron chi connectivity index (χ2n) is 8.85. The molecule has 1 spiro atoms. The molecule has 7 rings (SSSR count). The van der Waals surface area contributed by atoms with E-state index in [1.54, 1.807) is 0 Å². The van der Waals surface area contributed by atoms with E-state index in [-0.39, 0.29) is 23.2 Å². The summed E-state index contributed by atoms with van der Waals surface area (Å²) < 4.78 is 9.22. The first-order valence-electron chi connectivity index (χ1n) is 11.3.